The molecule has 6 N–H and O–H groups in total. The molecular weight excluding hydrogens is 218 g/mol. The summed E-state index contributed by atoms with van der Waals surface area (Å²) in [4.78, 5) is 11.6. The van der Waals surface area contributed by atoms with Gasteiger partial charge in [0.25, 0.3) is 0 Å². The van der Waals surface area contributed by atoms with Crippen LogP contribution in [-0.2, 0) is 4.79 Å². The zero-order chi connectivity index (χ0) is 12.7. The van der Waals surface area contributed by atoms with E-state index in [4.69, 9.17) is 21.9 Å². The van der Waals surface area contributed by atoms with Crippen molar-refractivity contribution in [2.75, 3.05) is 12.3 Å². The molecule has 0 aliphatic carbocycles. The van der Waals surface area contributed by atoms with Crippen LogP contribution in [0.3, 0.4) is 0 Å². The molecule has 0 heterocycles. The summed E-state index contributed by atoms with van der Waals surface area (Å²) in [6, 6.07) is 6.20. The normalized spacial score (nSPS) is 12.1. The highest BCUT2D eigenvalue weighted by Crippen LogP contribution is 2.20. The molecule has 1 rings (SSSR count). The number of rotatable bonds is 6. The minimum absolute atomic E-state index is 0.353. The van der Waals surface area contributed by atoms with E-state index in [1.807, 2.05) is 0 Å². The predicted octanol–water partition coefficient (Wildman–Crippen LogP) is 0.631. The van der Waals surface area contributed by atoms with Gasteiger partial charge in [0.1, 0.15) is 6.04 Å². The number of ether oxygens (including phenoxy) is 1. The summed E-state index contributed by atoms with van der Waals surface area (Å²) < 4.78 is 5.12. The second kappa shape index (κ2) is 6.88. The largest absolute Gasteiger partial charge is 0.423 e. The molecule has 94 valence electrons. The molecular formula is C12H19N3O2. The molecule has 1 aromatic rings. The van der Waals surface area contributed by atoms with Crippen LogP contribution in [0.1, 0.15) is 19.3 Å². The number of hydrogen-bond donors (Lipinski definition) is 3. The van der Waals surface area contributed by atoms with Gasteiger partial charge < -0.3 is 21.9 Å². The van der Waals surface area contributed by atoms with Crippen LogP contribution >= 0.6 is 0 Å². The standard InChI is InChI=1S/C12H19N3O2/c13-8-4-3-6-10(15)12(16)17-11-7-2-1-5-9(11)14/h1-2,5,7,10H,3-4,6,8,13-15H2. The Morgan fingerprint density at radius 2 is 2.00 bits per heavy atom. The number of para-hydroxylation sites is 2. The summed E-state index contributed by atoms with van der Waals surface area (Å²) in [5, 5.41) is 0. The molecule has 17 heavy (non-hydrogen) atoms. The molecule has 0 saturated heterocycles. The van der Waals surface area contributed by atoms with E-state index >= 15 is 0 Å². The van der Waals surface area contributed by atoms with Gasteiger partial charge in [-0.1, -0.05) is 18.6 Å². The van der Waals surface area contributed by atoms with Gasteiger partial charge in [0.15, 0.2) is 5.75 Å². The Kier molecular flexibility index (Phi) is 5.45. The first-order valence-corrected chi connectivity index (χ1v) is 5.67. The Morgan fingerprint density at radius 3 is 2.65 bits per heavy atom. The maximum absolute atomic E-state index is 11.6. The number of esters is 1. The minimum Gasteiger partial charge on any atom is -0.423 e. The van der Waals surface area contributed by atoms with Crippen LogP contribution in [0.4, 0.5) is 5.69 Å². The molecule has 5 heteroatoms. The number of carbonyl (C=O) groups excluding carboxylic acids is 1. The molecule has 0 aromatic heterocycles. The van der Waals surface area contributed by atoms with Crippen molar-refractivity contribution in [2.45, 2.75) is 25.3 Å². The maximum Gasteiger partial charge on any atom is 0.328 e. The third-order valence-corrected chi connectivity index (χ3v) is 2.40. The summed E-state index contributed by atoms with van der Waals surface area (Å²) in [5.41, 5.74) is 17.1. The SMILES string of the molecule is NCCCCC(N)C(=O)Oc1ccccc1N. The Morgan fingerprint density at radius 1 is 1.29 bits per heavy atom. The van der Waals surface area contributed by atoms with Crippen LogP contribution < -0.4 is 21.9 Å². The monoisotopic (exact) mass is 237 g/mol. The molecule has 0 bridgehead atoms. The van der Waals surface area contributed by atoms with E-state index in [0.29, 0.717) is 24.4 Å². The number of benzene rings is 1. The van der Waals surface area contributed by atoms with Crippen LogP contribution in [0.5, 0.6) is 5.75 Å². The van der Waals surface area contributed by atoms with Gasteiger partial charge in [-0.15, -0.1) is 0 Å². The van der Waals surface area contributed by atoms with Gasteiger partial charge in [-0.25, -0.2) is 4.79 Å². The van der Waals surface area contributed by atoms with E-state index < -0.39 is 12.0 Å². The smallest absolute Gasteiger partial charge is 0.328 e. The van der Waals surface area contributed by atoms with Crippen LogP contribution in [-0.4, -0.2) is 18.6 Å². The maximum atomic E-state index is 11.6. The summed E-state index contributed by atoms with van der Waals surface area (Å²) in [6.45, 7) is 0.605. The second-order valence-corrected chi connectivity index (χ2v) is 3.85. The molecule has 1 aromatic carbocycles. The molecule has 0 fully saturated rings. The Labute approximate surface area is 101 Å². The molecule has 0 saturated carbocycles. The second-order valence-electron chi connectivity index (χ2n) is 3.85. The van der Waals surface area contributed by atoms with Crippen molar-refractivity contribution >= 4 is 11.7 Å². The summed E-state index contributed by atoms with van der Waals surface area (Å²) >= 11 is 0. The van der Waals surface area contributed by atoms with E-state index in [0.717, 1.165) is 12.8 Å². The third-order valence-electron chi connectivity index (χ3n) is 2.40. The number of nitrogen functional groups attached to an aromatic ring is 1. The van der Waals surface area contributed by atoms with Crippen molar-refractivity contribution in [3.05, 3.63) is 24.3 Å². The van der Waals surface area contributed by atoms with Gasteiger partial charge in [0.05, 0.1) is 5.69 Å². The fraction of sp³-hybridized carbons (Fsp3) is 0.417. The van der Waals surface area contributed by atoms with E-state index in [-0.39, 0.29) is 0 Å². The van der Waals surface area contributed by atoms with Crippen molar-refractivity contribution in [1.82, 2.24) is 0 Å². The molecule has 0 amide bonds. The van der Waals surface area contributed by atoms with Gasteiger partial charge in [-0.2, -0.15) is 0 Å². The highest BCUT2D eigenvalue weighted by molar-refractivity contribution is 5.79. The minimum atomic E-state index is -0.624. The lowest BCUT2D eigenvalue weighted by atomic mass is 10.1. The number of hydrogen-bond acceptors (Lipinski definition) is 5. The van der Waals surface area contributed by atoms with Gasteiger partial charge in [0, 0.05) is 0 Å². The number of carbonyl (C=O) groups is 1. The average Bonchev–Trinajstić information content (AvgIpc) is 2.32. The molecule has 1 atom stereocenters. The van der Waals surface area contributed by atoms with Crippen molar-refractivity contribution in [3.63, 3.8) is 0 Å². The highest BCUT2D eigenvalue weighted by Gasteiger charge is 2.16. The fourth-order valence-electron chi connectivity index (χ4n) is 1.38. The van der Waals surface area contributed by atoms with Crippen molar-refractivity contribution in [1.29, 1.82) is 0 Å². The zero-order valence-electron chi connectivity index (χ0n) is 9.76. The summed E-state index contributed by atoms with van der Waals surface area (Å²) in [6.07, 6.45) is 2.24. The summed E-state index contributed by atoms with van der Waals surface area (Å²) in [7, 11) is 0. The first kappa shape index (κ1) is 13.5. The van der Waals surface area contributed by atoms with E-state index in [9.17, 15) is 4.79 Å². The van der Waals surface area contributed by atoms with Crippen molar-refractivity contribution < 1.29 is 9.53 Å². The van der Waals surface area contributed by atoms with Crippen LogP contribution in [0, 0.1) is 0 Å². The molecule has 0 aliphatic heterocycles. The molecule has 1 unspecified atom stereocenters. The van der Waals surface area contributed by atoms with Crippen LogP contribution in [0.25, 0.3) is 0 Å². The molecule has 5 nitrogen and oxygen atoms in total. The van der Waals surface area contributed by atoms with E-state index in [1.54, 1.807) is 24.3 Å². The lowest BCUT2D eigenvalue weighted by molar-refractivity contribution is -0.136. The zero-order valence-corrected chi connectivity index (χ0v) is 9.76. The number of nitrogens with two attached hydrogens (primary N) is 3. The van der Waals surface area contributed by atoms with Gasteiger partial charge in [-0.05, 0) is 31.5 Å². The number of unbranched alkanes of at least 4 members (excludes halogenated alkanes) is 1. The Balaban J connectivity index is 2.46. The molecule has 0 aliphatic rings. The lowest BCUT2D eigenvalue weighted by Crippen LogP contribution is -2.34. The Bertz CT molecular complexity index is 369. The fourth-order valence-corrected chi connectivity index (χ4v) is 1.38. The van der Waals surface area contributed by atoms with Crippen LogP contribution in [0.15, 0.2) is 24.3 Å². The molecule has 0 radical (unpaired) electrons. The molecule has 0 spiro atoms. The summed E-state index contributed by atoms with van der Waals surface area (Å²) in [5.74, 6) is -0.105. The lowest BCUT2D eigenvalue weighted by Gasteiger charge is -2.11. The van der Waals surface area contributed by atoms with Crippen molar-refractivity contribution in [2.24, 2.45) is 11.5 Å². The van der Waals surface area contributed by atoms with Gasteiger partial charge in [0.2, 0.25) is 0 Å². The van der Waals surface area contributed by atoms with E-state index in [2.05, 4.69) is 0 Å². The van der Waals surface area contributed by atoms with Gasteiger partial charge >= 0.3 is 5.97 Å². The van der Waals surface area contributed by atoms with Crippen LogP contribution in [0.2, 0.25) is 0 Å². The first-order valence-electron chi connectivity index (χ1n) is 5.67. The number of anilines is 1. The Hall–Kier alpha value is -1.59. The predicted molar refractivity (Wildman–Crippen MR) is 67.4 cm³/mol. The third kappa shape index (κ3) is 4.42. The van der Waals surface area contributed by atoms with Crippen molar-refractivity contribution in [3.8, 4) is 5.75 Å². The average molecular weight is 237 g/mol. The first-order chi connectivity index (χ1) is 8.15. The topological polar surface area (TPSA) is 104 Å². The van der Waals surface area contributed by atoms with E-state index in [1.165, 1.54) is 0 Å². The quantitative estimate of drug-likeness (QED) is 0.291. The van der Waals surface area contributed by atoms with Gasteiger partial charge in [-0.3, -0.25) is 0 Å². The highest BCUT2D eigenvalue weighted by atomic mass is 16.5.